The van der Waals surface area contributed by atoms with Gasteiger partial charge in [0.15, 0.2) is 0 Å². The highest BCUT2D eigenvalue weighted by atomic mass is 15.2. The molecule has 0 aromatic heterocycles. The van der Waals surface area contributed by atoms with Crippen LogP contribution in [0, 0.1) is 0 Å². The Kier molecular flexibility index (Phi) is 9.30. The summed E-state index contributed by atoms with van der Waals surface area (Å²) in [4.78, 5) is 4.97. The number of hydrogen-bond donors (Lipinski definition) is 0. The normalized spacial score (nSPS) is 14.5. The van der Waals surface area contributed by atoms with E-state index in [-0.39, 0.29) is 5.41 Å². The number of benzene rings is 9. The molecule has 2 aliphatic carbocycles. The average molecular weight is 787 g/mol. The SMILES string of the molecule is CC1(C)c2ccccc2-c2c(N(c3ccc(C4CCCCC4)cc3)c3ccc(N(c4cc5ccccc5cc4-c4ccccc4)c4cccc5ccccc45)cc3)cccc21. The molecule has 296 valence electrons. The molecule has 0 N–H and O–H groups in total. The maximum Gasteiger partial charge on any atom is 0.0546 e. The third kappa shape index (κ3) is 6.50. The minimum absolute atomic E-state index is 0.0996. The Morgan fingerprint density at radius 1 is 0.410 bits per heavy atom. The smallest absolute Gasteiger partial charge is 0.0546 e. The van der Waals surface area contributed by atoms with Crippen molar-refractivity contribution < 1.29 is 0 Å². The molecule has 0 heterocycles. The maximum atomic E-state index is 2.50. The first-order chi connectivity index (χ1) is 30.0. The van der Waals surface area contributed by atoms with E-state index in [0.717, 1.165) is 22.7 Å². The van der Waals surface area contributed by atoms with Crippen molar-refractivity contribution in [2.24, 2.45) is 0 Å². The lowest BCUT2D eigenvalue weighted by Crippen LogP contribution is -2.16. The summed E-state index contributed by atoms with van der Waals surface area (Å²) >= 11 is 0. The van der Waals surface area contributed by atoms with Crippen LogP contribution in [-0.2, 0) is 5.41 Å². The Labute approximate surface area is 360 Å². The van der Waals surface area contributed by atoms with E-state index >= 15 is 0 Å². The molecule has 1 saturated carbocycles. The molecule has 2 heteroatoms. The van der Waals surface area contributed by atoms with Crippen molar-refractivity contribution >= 4 is 55.7 Å². The van der Waals surface area contributed by atoms with Gasteiger partial charge in [-0.05, 0) is 123 Å². The molecule has 1 fully saturated rings. The molecule has 0 aliphatic heterocycles. The topological polar surface area (TPSA) is 6.48 Å². The monoisotopic (exact) mass is 786 g/mol. The molecular formula is C59H50N2. The van der Waals surface area contributed by atoms with E-state index in [2.05, 4.69) is 224 Å². The predicted octanol–water partition coefficient (Wildman–Crippen LogP) is 17.0. The Morgan fingerprint density at radius 2 is 0.967 bits per heavy atom. The fourth-order valence-electron chi connectivity index (χ4n) is 10.5. The second-order valence-electron chi connectivity index (χ2n) is 17.6. The second-order valence-corrected chi connectivity index (χ2v) is 17.6. The van der Waals surface area contributed by atoms with Gasteiger partial charge in [-0.1, -0.05) is 173 Å². The lowest BCUT2D eigenvalue weighted by molar-refractivity contribution is 0.443. The highest BCUT2D eigenvalue weighted by Gasteiger charge is 2.37. The van der Waals surface area contributed by atoms with Crippen LogP contribution < -0.4 is 9.80 Å². The molecule has 0 atom stereocenters. The number of fused-ring (bicyclic) bond motifs is 5. The minimum Gasteiger partial charge on any atom is -0.310 e. The largest absolute Gasteiger partial charge is 0.310 e. The third-order valence-electron chi connectivity index (χ3n) is 13.6. The molecule has 11 rings (SSSR count). The second kappa shape index (κ2) is 15.3. The lowest BCUT2D eigenvalue weighted by atomic mass is 9.82. The van der Waals surface area contributed by atoms with Crippen molar-refractivity contribution in [3.05, 3.63) is 217 Å². The van der Waals surface area contributed by atoms with Crippen molar-refractivity contribution in [2.45, 2.75) is 57.3 Å². The molecule has 2 nitrogen and oxygen atoms in total. The molecule has 2 aliphatic rings. The molecular weight excluding hydrogens is 737 g/mol. The lowest BCUT2D eigenvalue weighted by Gasteiger charge is -2.32. The molecule has 0 spiro atoms. The van der Waals surface area contributed by atoms with Crippen LogP contribution in [0.2, 0.25) is 0 Å². The van der Waals surface area contributed by atoms with Gasteiger partial charge >= 0.3 is 0 Å². The summed E-state index contributed by atoms with van der Waals surface area (Å²) in [6.07, 6.45) is 6.61. The first-order valence-electron chi connectivity index (χ1n) is 22.1. The van der Waals surface area contributed by atoms with E-state index in [4.69, 9.17) is 0 Å². The quantitative estimate of drug-likeness (QED) is 0.151. The number of rotatable bonds is 8. The molecule has 0 saturated heterocycles. The number of anilines is 6. The van der Waals surface area contributed by atoms with E-state index in [1.54, 1.807) is 0 Å². The van der Waals surface area contributed by atoms with Crippen molar-refractivity contribution in [1.29, 1.82) is 0 Å². The van der Waals surface area contributed by atoms with Gasteiger partial charge in [-0.3, -0.25) is 0 Å². The zero-order valence-electron chi connectivity index (χ0n) is 35.1. The summed E-state index contributed by atoms with van der Waals surface area (Å²) in [7, 11) is 0. The standard InChI is InChI=1S/C59H50N2/c1-59(2)53-27-14-13-26-51(53)58-54(59)28-16-30-56(58)60(47-33-31-42(32-34-47)41-17-5-3-6-18-41)48-35-37-49(38-36-48)61(55-29-15-24-43-21-11-12-25-50(43)55)57-40-46-23-10-9-22-45(46)39-52(57)44-19-7-4-8-20-44/h4,7-16,19-41H,3,5-6,17-18H2,1-2H3. The summed E-state index contributed by atoms with van der Waals surface area (Å²) in [6.45, 7) is 4.75. The van der Waals surface area contributed by atoms with Gasteiger partial charge in [-0.25, -0.2) is 0 Å². The molecule has 0 bridgehead atoms. The van der Waals surface area contributed by atoms with Crippen LogP contribution in [0.4, 0.5) is 34.1 Å². The minimum atomic E-state index is -0.0996. The van der Waals surface area contributed by atoms with Crippen LogP contribution in [0.5, 0.6) is 0 Å². The van der Waals surface area contributed by atoms with Gasteiger partial charge in [0, 0.05) is 39.0 Å². The van der Waals surface area contributed by atoms with Gasteiger partial charge in [0.05, 0.1) is 17.1 Å². The van der Waals surface area contributed by atoms with Gasteiger partial charge in [0.25, 0.3) is 0 Å². The molecule has 9 aromatic rings. The van der Waals surface area contributed by atoms with Crippen molar-refractivity contribution in [2.75, 3.05) is 9.80 Å². The summed E-state index contributed by atoms with van der Waals surface area (Å²) in [5.74, 6) is 0.653. The summed E-state index contributed by atoms with van der Waals surface area (Å²) in [6, 6.07) is 74.5. The van der Waals surface area contributed by atoms with Gasteiger partial charge in [-0.15, -0.1) is 0 Å². The van der Waals surface area contributed by atoms with Crippen LogP contribution >= 0.6 is 0 Å². The van der Waals surface area contributed by atoms with Gasteiger partial charge in [0.1, 0.15) is 0 Å². The summed E-state index contributed by atoms with van der Waals surface area (Å²) < 4.78 is 0. The van der Waals surface area contributed by atoms with Crippen LogP contribution in [0.25, 0.3) is 43.8 Å². The van der Waals surface area contributed by atoms with Crippen LogP contribution in [0.1, 0.15) is 68.6 Å². The van der Waals surface area contributed by atoms with Gasteiger partial charge in [0.2, 0.25) is 0 Å². The van der Waals surface area contributed by atoms with E-state index in [9.17, 15) is 0 Å². The summed E-state index contributed by atoms with van der Waals surface area (Å²) in [5, 5.41) is 4.86. The first-order valence-corrected chi connectivity index (χ1v) is 22.1. The molecule has 61 heavy (non-hydrogen) atoms. The summed E-state index contributed by atoms with van der Waals surface area (Å²) in [5.41, 5.74) is 16.1. The van der Waals surface area contributed by atoms with Crippen LogP contribution in [-0.4, -0.2) is 0 Å². The average Bonchev–Trinajstić information content (AvgIpc) is 3.56. The van der Waals surface area contributed by atoms with Crippen molar-refractivity contribution in [3.8, 4) is 22.3 Å². The molecule has 9 aromatic carbocycles. The Morgan fingerprint density at radius 3 is 1.72 bits per heavy atom. The van der Waals surface area contributed by atoms with Gasteiger partial charge in [-0.2, -0.15) is 0 Å². The highest BCUT2D eigenvalue weighted by Crippen LogP contribution is 2.54. The fourth-order valence-corrected chi connectivity index (χ4v) is 10.5. The highest BCUT2D eigenvalue weighted by molar-refractivity contribution is 6.04. The predicted molar refractivity (Wildman–Crippen MR) is 260 cm³/mol. The van der Waals surface area contributed by atoms with E-state index in [1.807, 2.05) is 0 Å². The maximum absolute atomic E-state index is 2.50. The first kappa shape index (κ1) is 37.1. The van der Waals surface area contributed by atoms with Crippen molar-refractivity contribution in [1.82, 2.24) is 0 Å². The zero-order chi connectivity index (χ0) is 40.9. The zero-order valence-corrected chi connectivity index (χ0v) is 35.1. The van der Waals surface area contributed by atoms with Gasteiger partial charge < -0.3 is 9.80 Å². The molecule has 0 amide bonds. The van der Waals surface area contributed by atoms with Crippen molar-refractivity contribution in [3.63, 3.8) is 0 Å². The third-order valence-corrected chi connectivity index (χ3v) is 13.6. The van der Waals surface area contributed by atoms with E-state index in [1.165, 1.54) is 104 Å². The molecule has 0 unspecified atom stereocenters. The van der Waals surface area contributed by atoms with E-state index < -0.39 is 0 Å². The van der Waals surface area contributed by atoms with Crippen LogP contribution in [0.3, 0.4) is 0 Å². The Balaban J connectivity index is 1.11. The Hall–Kier alpha value is -6.90. The number of nitrogens with zero attached hydrogens (tertiary/aromatic N) is 2. The fraction of sp³-hybridized carbons (Fsp3) is 0.153. The number of hydrogen-bond acceptors (Lipinski definition) is 2. The van der Waals surface area contributed by atoms with E-state index in [0.29, 0.717) is 5.92 Å². The molecule has 0 radical (unpaired) electrons. The Bertz CT molecular complexity index is 3020. The van der Waals surface area contributed by atoms with Crippen LogP contribution in [0.15, 0.2) is 200 Å².